The fourth-order valence-corrected chi connectivity index (χ4v) is 5.33. The Morgan fingerprint density at radius 3 is 2.14 bits per heavy atom. The van der Waals surface area contributed by atoms with Gasteiger partial charge in [-0.2, -0.15) is 17.5 Å². The average Bonchev–Trinajstić information content (AvgIpc) is 3.00. The molecule has 0 saturated carbocycles. The van der Waals surface area contributed by atoms with Crippen LogP contribution in [0.3, 0.4) is 0 Å². The van der Waals surface area contributed by atoms with E-state index in [4.69, 9.17) is 9.90 Å². The smallest absolute Gasteiger partial charge is 0.475 e. The first-order valence-electron chi connectivity index (χ1n) is 10.8. The molecular formula is C20H24F5N5O4S. The van der Waals surface area contributed by atoms with E-state index in [2.05, 4.69) is 15.2 Å². The van der Waals surface area contributed by atoms with E-state index < -0.39 is 33.8 Å². The lowest BCUT2D eigenvalue weighted by molar-refractivity contribution is -0.192. The lowest BCUT2D eigenvalue weighted by Crippen LogP contribution is -2.32. The number of carbonyl (C=O) groups is 1. The number of aliphatic carboxylic acids is 1. The first-order chi connectivity index (χ1) is 16.4. The molecule has 3 heterocycles. The Labute approximate surface area is 198 Å². The Balaban J connectivity index is 0.000000429. The number of benzene rings is 1. The molecule has 1 aromatic heterocycles. The monoisotopic (exact) mass is 525 g/mol. The van der Waals surface area contributed by atoms with Crippen molar-refractivity contribution >= 4 is 16.0 Å². The van der Waals surface area contributed by atoms with Crippen molar-refractivity contribution in [2.75, 3.05) is 19.6 Å². The lowest BCUT2D eigenvalue weighted by atomic mass is 10.1. The molecule has 1 aromatic carbocycles. The molecule has 0 spiro atoms. The summed E-state index contributed by atoms with van der Waals surface area (Å²) in [4.78, 5) is 10.8. The van der Waals surface area contributed by atoms with Crippen LogP contribution in [0.1, 0.15) is 37.1 Å². The van der Waals surface area contributed by atoms with Gasteiger partial charge in [-0.3, -0.25) is 4.90 Å². The fraction of sp³-hybridized carbons (Fsp3) is 0.550. The summed E-state index contributed by atoms with van der Waals surface area (Å²) in [6.07, 6.45) is -1.01. The van der Waals surface area contributed by atoms with Gasteiger partial charge in [-0.15, -0.1) is 5.10 Å². The number of carboxylic acids is 1. The molecule has 0 radical (unpaired) electrons. The minimum Gasteiger partial charge on any atom is -0.475 e. The molecule has 1 fully saturated rings. The van der Waals surface area contributed by atoms with Gasteiger partial charge in [0.1, 0.15) is 17.3 Å². The molecule has 15 heteroatoms. The SMILES string of the molecule is O=C(O)C(F)(F)F.O=S(=O)(c1cc(F)cc(F)c1)N1CCCn2nnc(CN3CCCCC3)c2C1. The Kier molecular flexibility index (Phi) is 8.43. The van der Waals surface area contributed by atoms with Crippen molar-refractivity contribution in [1.82, 2.24) is 24.2 Å². The largest absolute Gasteiger partial charge is 0.490 e. The lowest BCUT2D eigenvalue weighted by Gasteiger charge is -2.26. The van der Waals surface area contributed by atoms with E-state index in [0.717, 1.165) is 49.5 Å². The van der Waals surface area contributed by atoms with E-state index >= 15 is 0 Å². The molecule has 2 aliphatic rings. The molecule has 2 aliphatic heterocycles. The molecule has 9 nitrogen and oxygen atoms in total. The molecule has 1 saturated heterocycles. The molecule has 0 aliphatic carbocycles. The molecular weight excluding hydrogens is 501 g/mol. The zero-order valence-electron chi connectivity index (χ0n) is 18.5. The number of nitrogens with zero attached hydrogens (tertiary/aromatic N) is 5. The zero-order valence-corrected chi connectivity index (χ0v) is 19.3. The van der Waals surface area contributed by atoms with E-state index in [1.165, 1.54) is 10.7 Å². The number of aromatic nitrogens is 3. The van der Waals surface area contributed by atoms with Crippen LogP contribution in [0.15, 0.2) is 23.1 Å². The van der Waals surface area contributed by atoms with E-state index in [1.807, 2.05) is 0 Å². The fourth-order valence-electron chi connectivity index (χ4n) is 3.85. The summed E-state index contributed by atoms with van der Waals surface area (Å²) < 4.78 is 87.9. The van der Waals surface area contributed by atoms with Crippen LogP contribution >= 0.6 is 0 Å². The number of hydrogen-bond donors (Lipinski definition) is 1. The second-order valence-electron chi connectivity index (χ2n) is 8.14. The van der Waals surface area contributed by atoms with Gasteiger partial charge in [-0.05, 0) is 44.5 Å². The summed E-state index contributed by atoms with van der Waals surface area (Å²) in [6.45, 7) is 3.54. The van der Waals surface area contributed by atoms with Crippen LogP contribution in [0.5, 0.6) is 0 Å². The summed E-state index contributed by atoms with van der Waals surface area (Å²) in [5.74, 6) is -4.58. The van der Waals surface area contributed by atoms with Crippen LogP contribution in [0.4, 0.5) is 22.0 Å². The predicted octanol–water partition coefficient (Wildman–Crippen LogP) is 2.77. The van der Waals surface area contributed by atoms with Crippen molar-refractivity contribution in [2.45, 2.75) is 56.4 Å². The molecule has 0 unspecified atom stereocenters. The Morgan fingerprint density at radius 2 is 1.57 bits per heavy atom. The van der Waals surface area contributed by atoms with Gasteiger partial charge in [0.2, 0.25) is 10.0 Å². The number of piperidine rings is 1. The summed E-state index contributed by atoms with van der Waals surface area (Å²) in [6, 6.07) is 2.37. The first-order valence-corrected chi connectivity index (χ1v) is 12.2. The maximum atomic E-state index is 13.6. The summed E-state index contributed by atoms with van der Waals surface area (Å²) in [5.41, 5.74) is 1.53. The first kappa shape index (κ1) is 26.9. The molecule has 194 valence electrons. The number of halogens is 5. The van der Waals surface area contributed by atoms with Crippen LogP contribution in [0.2, 0.25) is 0 Å². The molecule has 2 aromatic rings. The van der Waals surface area contributed by atoms with E-state index in [1.54, 1.807) is 4.68 Å². The van der Waals surface area contributed by atoms with Gasteiger partial charge >= 0.3 is 12.1 Å². The minimum absolute atomic E-state index is 0.0939. The maximum Gasteiger partial charge on any atom is 0.490 e. The van der Waals surface area contributed by atoms with Crippen LogP contribution in [0, 0.1) is 11.6 Å². The van der Waals surface area contributed by atoms with Gasteiger partial charge in [0, 0.05) is 25.7 Å². The van der Waals surface area contributed by atoms with Crippen molar-refractivity contribution in [3.8, 4) is 0 Å². The third-order valence-corrected chi connectivity index (χ3v) is 7.38. The Hall–Kier alpha value is -2.65. The van der Waals surface area contributed by atoms with Crippen molar-refractivity contribution in [3.63, 3.8) is 0 Å². The zero-order chi connectivity index (χ0) is 25.8. The van der Waals surface area contributed by atoms with E-state index in [0.29, 0.717) is 25.6 Å². The van der Waals surface area contributed by atoms with Crippen LogP contribution < -0.4 is 0 Å². The number of rotatable bonds is 4. The number of carboxylic acid groups (broad SMARTS) is 1. The van der Waals surface area contributed by atoms with E-state index in [9.17, 15) is 30.4 Å². The highest BCUT2D eigenvalue weighted by atomic mass is 32.2. The molecule has 0 bridgehead atoms. The van der Waals surface area contributed by atoms with E-state index in [-0.39, 0.29) is 18.0 Å². The van der Waals surface area contributed by atoms with Crippen LogP contribution in [0.25, 0.3) is 0 Å². The summed E-state index contributed by atoms with van der Waals surface area (Å²) in [5, 5.41) is 15.6. The molecule has 4 rings (SSSR count). The van der Waals surface area contributed by atoms with Gasteiger partial charge in [0.05, 0.1) is 17.1 Å². The maximum absolute atomic E-state index is 13.6. The molecule has 0 amide bonds. The number of hydrogen-bond acceptors (Lipinski definition) is 6. The predicted molar refractivity (Wildman–Crippen MR) is 111 cm³/mol. The van der Waals surface area contributed by atoms with Crippen LogP contribution in [-0.2, 0) is 34.5 Å². The quantitative estimate of drug-likeness (QED) is 0.612. The average molecular weight is 526 g/mol. The third-order valence-electron chi connectivity index (χ3n) is 5.56. The van der Waals surface area contributed by atoms with Crippen molar-refractivity contribution < 1.29 is 40.3 Å². The number of aryl methyl sites for hydroxylation is 1. The summed E-state index contributed by atoms with van der Waals surface area (Å²) in [7, 11) is -4.03. The molecule has 1 N–H and O–H groups in total. The number of likely N-dealkylation sites (tertiary alicyclic amines) is 1. The third kappa shape index (κ3) is 6.95. The minimum atomic E-state index is -5.08. The topological polar surface area (TPSA) is 109 Å². The van der Waals surface area contributed by atoms with Gasteiger partial charge in [-0.1, -0.05) is 11.6 Å². The van der Waals surface area contributed by atoms with Gasteiger partial charge < -0.3 is 5.11 Å². The molecule has 0 atom stereocenters. The second-order valence-corrected chi connectivity index (χ2v) is 10.1. The second kappa shape index (κ2) is 11.0. The highest BCUT2D eigenvalue weighted by Gasteiger charge is 2.38. The van der Waals surface area contributed by atoms with Crippen molar-refractivity contribution in [3.05, 3.63) is 41.2 Å². The normalized spacial score (nSPS) is 17.7. The Bertz CT molecular complexity index is 1130. The highest BCUT2D eigenvalue weighted by molar-refractivity contribution is 7.89. The number of alkyl halides is 3. The van der Waals surface area contributed by atoms with Crippen molar-refractivity contribution in [1.29, 1.82) is 0 Å². The number of sulfonamides is 1. The molecule has 35 heavy (non-hydrogen) atoms. The van der Waals surface area contributed by atoms with Gasteiger partial charge in [0.15, 0.2) is 0 Å². The number of fused-ring (bicyclic) bond motifs is 1. The summed E-state index contributed by atoms with van der Waals surface area (Å²) >= 11 is 0. The Morgan fingerprint density at radius 1 is 0.971 bits per heavy atom. The van der Waals surface area contributed by atoms with Crippen LogP contribution in [-0.4, -0.2) is 69.5 Å². The van der Waals surface area contributed by atoms with Gasteiger partial charge in [-0.25, -0.2) is 26.7 Å². The standard InChI is InChI=1S/C18H23F2N5O2S.C2HF3O2/c19-14-9-15(20)11-16(10-14)28(26,27)24-7-4-8-25-18(13-24)17(21-22-25)12-23-5-2-1-3-6-23;3-2(4,5)1(6)7/h9-11H,1-8,12-13H2;(H,6,7). The van der Waals surface area contributed by atoms with Crippen molar-refractivity contribution in [2.24, 2.45) is 0 Å². The van der Waals surface area contributed by atoms with Gasteiger partial charge in [0.25, 0.3) is 0 Å². The highest BCUT2D eigenvalue weighted by Crippen LogP contribution is 2.25.